The monoisotopic (exact) mass is 550 g/mol. The molecule has 9 N–H and O–H groups in total. The minimum Gasteiger partial charge on any atom is -0.478 e. The summed E-state index contributed by atoms with van der Waals surface area (Å²) >= 11 is 0. The van der Waals surface area contributed by atoms with Gasteiger partial charge < -0.3 is 32.5 Å². The van der Waals surface area contributed by atoms with Crippen molar-refractivity contribution in [1.82, 2.24) is 0 Å². The van der Waals surface area contributed by atoms with E-state index < -0.39 is 17.9 Å². The summed E-state index contributed by atoms with van der Waals surface area (Å²) in [6.07, 6.45) is 0. The molecule has 0 unspecified atom stereocenters. The van der Waals surface area contributed by atoms with Gasteiger partial charge >= 0.3 is 17.9 Å². The second-order valence-corrected chi connectivity index (χ2v) is 5.68. The van der Waals surface area contributed by atoms with Crippen LogP contribution < -0.4 is 17.2 Å². The molecule has 3 aromatic rings. The second-order valence-electron chi connectivity index (χ2n) is 5.68. The molecule has 0 aromatic heterocycles. The standard InChI is InChI=1S/3C7H7NO2.La/c3*8-6-4-2-1-3-5(6)7(9)10;/h3*1-4H,8H2,(H,9,10);. The maximum absolute atomic E-state index is 10.3. The molecule has 0 saturated carbocycles. The third-order valence-corrected chi connectivity index (χ3v) is 3.57. The van der Waals surface area contributed by atoms with E-state index in [4.69, 9.17) is 32.5 Å². The topological polar surface area (TPSA) is 190 Å². The minimum atomic E-state index is -0.988. The molecule has 31 heavy (non-hydrogen) atoms. The summed E-state index contributed by atoms with van der Waals surface area (Å²) in [5.74, 6) is -2.96. The summed E-state index contributed by atoms with van der Waals surface area (Å²) in [6, 6.07) is 19.1. The number of hydrogen-bond donors (Lipinski definition) is 6. The maximum Gasteiger partial charge on any atom is 0.337 e. The van der Waals surface area contributed by atoms with Crippen LogP contribution in [0, 0.1) is 35.6 Å². The van der Waals surface area contributed by atoms with Gasteiger partial charge in [0.1, 0.15) is 0 Å². The SMILES string of the molecule is Nc1ccccc1C(=O)O.Nc1ccccc1C(=O)O.Nc1ccccc1C(=O)O.[La]. The van der Waals surface area contributed by atoms with Gasteiger partial charge in [-0.1, -0.05) is 36.4 Å². The molecule has 0 atom stereocenters. The summed E-state index contributed by atoms with van der Waals surface area (Å²) in [6.45, 7) is 0. The number of anilines is 3. The van der Waals surface area contributed by atoms with E-state index in [1.54, 1.807) is 54.6 Å². The molecule has 9 nitrogen and oxygen atoms in total. The Hall–Kier alpha value is -3.34. The van der Waals surface area contributed by atoms with Gasteiger partial charge in [-0.05, 0) is 36.4 Å². The van der Waals surface area contributed by atoms with Crippen LogP contribution in [0.5, 0.6) is 0 Å². The van der Waals surface area contributed by atoms with Crippen molar-refractivity contribution in [2.24, 2.45) is 0 Å². The average molecular weight is 550 g/mol. The zero-order chi connectivity index (χ0) is 22.7. The minimum absolute atomic E-state index is 0. The van der Waals surface area contributed by atoms with Gasteiger partial charge in [0.05, 0.1) is 16.7 Å². The van der Waals surface area contributed by atoms with E-state index in [2.05, 4.69) is 0 Å². The third-order valence-electron chi connectivity index (χ3n) is 3.57. The predicted octanol–water partition coefficient (Wildman–Crippen LogP) is 2.90. The smallest absolute Gasteiger partial charge is 0.337 e. The molecule has 0 spiro atoms. The van der Waals surface area contributed by atoms with Crippen molar-refractivity contribution in [3.63, 3.8) is 0 Å². The van der Waals surface area contributed by atoms with Crippen LogP contribution in [-0.4, -0.2) is 33.2 Å². The summed E-state index contributed by atoms with van der Waals surface area (Å²) in [5.41, 5.74) is 17.4. The number of carboxylic acids is 3. The summed E-state index contributed by atoms with van der Waals surface area (Å²) in [4.78, 5) is 31.0. The molecule has 0 saturated heterocycles. The molecular formula is C21H21LaN3O6. The normalized spacial score (nSPS) is 8.90. The number of aromatic carboxylic acids is 3. The average Bonchev–Trinajstić information content (AvgIpc) is 2.69. The van der Waals surface area contributed by atoms with Crippen molar-refractivity contribution in [1.29, 1.82) is 0 Å². The number of carbonyl (C=O) groups is 3. The Morgan fingerprint density at radius 1 is 0.484 bits per heavy atom. The van der Waals surface area contributed by atoms with Crippen LogP contribution in [0.2, 0.25) is 0 Å². The van der Waals surface area contributed by atoms with Gasteiger partial charge in [0.25, 0.3) is 0 Å². The Bertz CT molecular complexity index is 911. The first-order valence-electron chi connectivity index (χ1n) is 8.38. The van der Waals surface area contributed by atoms with Gasteiger partial charge in [-0.15, -0.1) is 0 Å². The van der Waals surface area contributed by atoms with E-state index in [9.17, 15) is 14.4 Å². The van der Waals surface area contributed by atoms with Gasteiger partial charge in [-0.2, -0.15) is 0 Å². The van der Waals surface area contributed by atoms with Crippen molar-refractivity contribution in [2.75, 3.05) is 17.2 Å². The molecule has 0 aliphatic heterocycles. The number of hydrogen-bond acceptors (Lipinski definition) is 6. The first-order chi connectivity index (χ1) is 14.1. The number of benzene rings is 3. The predicted molar refractivity (Wildman–Crippen MR) is 113 cm³/mol. The van der Waals surface area contributed by atoms with Crippen LogP contribution in [0.1, 0.15) is 31.1 Å². The molecule has 0 fully saturated rings. The Morgan fingerprint density at radius 3 is 0.806 bits per heavy atom. The van der Waals surface area contributed by atoms with Gasteiger partial charge in [0.15, 0.2) is 0 Å². The molecule has 10 heteroatoms. The number of para-hydroxylation sites is 3. The molecule has 0 heterocycles. The van der Waals surface area contributed by atoms with E-state index in [1.807, 2.05) is 0 Å². The van der Waals surface area contributed by atoms with E-state index in [-0.39, 0.29) is 52.3 Å². The van der Waals surface area contributed by atoms with Crippen molar-refractivity contribution in [2.45, 2.75) is 0 Å². The Morgan fingerprint density at radius 2 is 0.677 bits per heavy atom. The van der Waals surface area contributed by atoms with Crippen molar-refractivity contribution >= 4 is 35.0 Å². The number of nitrogens with two attached hydrogens (primary N) is 3. The molecule has 0 aliphatic carbocycles. The summed E-state index contributed by atoms with van der Waals surface area (Å²) in [7, 11) is 0. The molecule has 159 valence electrons. The van der Waals surface area contributed by atoms with Crippen LogP contribution in [0.4, 0.5) is 17.1 Å². The second kappa shape index (κ2) is 13.8. The van der Waals surface area contributed by atoms with Gasteiger partial charge in [0, 0.05) is 52.7 Å². The van der Waals surface area contributed by atoms with Crippen LogP contribution in [0.25, 0.3) is 0 Å². The van der Waals surface area contributed by atoms with Crippen molar-refractivity contribution in [3.8, 4) is 0 Å². The summed E-state index contributed by atoms with van der Waals surface area (Å²) < 4.78 is 0. The van der Waals surface area contributed by atoms with Crippen molar-refractivity contribution in [3.05, 3.63) is 89.5 Å². The number of nitrogen functional groups attached to an aromatic ring is 3. The van der Waals surface area contributed by atoms with Crippen molar-refractivity contribution < 1.29 is 65.3 Å². The largest absolute Gasteiger partial charge is 0.478 e. The van der Waals surface area contributed by atoms with Crippen LogP contribution >= 0.6 is 0 Å². The first kappa shape index (κ1) is 27.7. The fraction of sp³-hybridized carbons (Fsp3) is 0. The zero-order valence-corrected chi connectivity index (χ0v) is 19.9. The van der Waals surface area contributed by atoms with E-state index in [1.165, 1.54) is 18.2 Å². The molecule has 3 rings (SSSR count). The molecule has 0 amide bonds. The Kier molecular flexibility index (Phi) is 12.3. The van der Waals surface area contributed by atoms with Crippen LogP contribution in [0.15, 0.2) is 72.8 Å². The number of carboxylic acid groups (broad SMARTS) is 3. The number of rotatable bonds is 3. The molecule has 0 aliphatic rings. The zero-order valence-electron chi connectivity index (χ0n) is 16.3. The summed E-state index contributed by atoms with van der Waals surface area (Å²) in [5, 5.41) is 25.5. The molecule has 0 bridgehead atoms. The van der Waals surface area contributed by atoms with Crippen LogP contribution in [0.3, 0.4) is 0 Å². The fourth-order valence-corrected chi connectivity index (χ4v) is 2.08. The van der Waals surface area contributed by atoms with E-state index in [0.717, 1.165) is 0 Å². The van der Waals surface area contributed by atoms with Gasteiger partial charge in [0.2, 0.25) is 0 Å². The first-order valence-corrected chi connectivity index (χ1v) is 8.38. The quantitative estimate of drug-likeness (QED) is 0.266. The van der Waals surface area contributed by atoms with Gasteiger partial charge in [-0.3, -0.25) is 0 Å². The molecular weight excluding hydrogens is 529 g/mol. The third kappa shape index (κ3) is 9.34. The molecule has 1 radical (unpaired) electrons. The van der Waals surface area contributed by atoms with E-state index >= 15 is 0 Å². The van der Waals surface area contributed by atoms with E-state index in [0.29, 0.717) is 17.1 Å². The molecule has 3 aromatic carbocycles. The Balaban J connectivity index is 0.000000429. The maximum atomic E-state index is 10.3. The van der Waals surface area contributed by atoms with Gasteiger partial charge in [-0.25, -0.2) is 14.4 Å². The Labute approximate surface area is 206 Å². The van der Waals surface area contributed by atoms with Crippen LogP contribution in [-0.2, 0) is 0 Å². The fourth-order valence-electron chi connectivity index (χ4n) is 2.08.